The zero-order valence-electron chi connectivity index (χ0n) is 11.3. The molecule has 0 saturated heterocycles. The third-order valence-electron chi connectivity index (χ3n) is 3.18. The molecule has 0 aliphatic carbocycles. The van der Waals surface area contributed by atoms with Crippen LogP contribution in [0.5, 0.6) is 11.6 Å². The molecule has 1 aromatic heterocycles. The van der Waals surface area contributed by atoms with Crippen molar-refractivity contribution in [3.8, 4) is 11.6 Å². The van der Waals surface area contributed by atoms with Crippen LogP contribution in [0.4, 0.5) is 11.5 Å². The summed E-state index contributed by atoms with van der Waals surface area (Å²) in [5, 5.41) is 17.1. The van der Waals surface area contributed by atoms with Gasteiger partial charge in [0.15, 0.2) is 5.82 Å². The number of ether oxygens (including phenoxy) is 2. The van der Waals surface area contributed by atoms with Gasteiger partial charge in [0.2, 0.25) is 5.88 Å². The van der Waals surface area contributed by atoms with Crippen LogP contribution in [0.25, 0.3) is 0 Å². The van der Waals surface area contributed by atoms with Crippen LogP contribution in [0.1, 0.15) is 10.4 Å². The predicted molar refractivity (Wildman–Crippen MR) is 74.5 cm³/mol. The largest absolute Gasteiger partial charge is 0.490 e. The maximum absolute atomic E-state index is 11.3. The standard InChI is InChI=1S/C14H13N3O4/c1-20-13-9(14(18)19)8-12(15-16-13)17-6-7-21-11-5-3-2-4-10(11)17/h2-5,8H,6-7H2,1H3,(H,18,19). The van der Waals surface area contributed by atoms with E-state index in [0.29, 0.717) is 19.0 Å². The van der Waals surface area contributed by atoms with Crippen molar-refractivity contribution in [2.75, 3.05) is 25.2 Å². The first-order chi connectivity index (χ1) is 10.2. The number of para-hydroxylation sites is 2. The van der Waals surface area contributed by atoms with Crippen molar-refractivity contribution in [2.45, 2.75) is 0 Å². The molecule has 21 heavy (non-hydrogen) atoms. The zero-order valence-corrected chi connectivity index (χ0v) is 11.3. The summed E-state index contributed by atoms with van der Waals surface area (Å²) in [5.41, 5.74) is 0.811. The number of carboxylic acid groups (broad SMARTS) is 1. The summed E-state index contributed by atoms with van der Waals surface area (Å²) < 4.78 is 10.5. The highest BCUT2D eigenvalue weighted by Crippen LogP contribution is 2.35. The fourth-order valence-electron chi connectivity index (χ4n) is 2.21. The van der Waals surface area contributed by atoms with Gasteiger partial charge in [-0.3, -0.25) is 0 Å². The molecule has 0 unspecified atom stereocenters. The average molecular weight is 287 g/mol. The van der Waals surface area contributed by atoms with Crippen LogP contribution in [0.2, 0.25) is 0 Å². The Labute approximate surface area is 120 Å². The van der Waals surface area contributed by atoms with Gasteiger partial charge in [-0.15, -0.1) is 10.2 Å². The summed E-state index contributed by atoms with van der Waals surface area (Å²) >= 11 is 0. The van der Waals surface area contributed by atoms with Crippen LogP contribution < -0.4 is 14.4 Å². The summed E-state index contributed by atoms with van der Waals surface area (Å²) in [5.74, 6) is 0.0690. The van der Waals surface area contributed by atoms with E-state index in [4.69, 9.17) is 9.47 Å². The van der Waals surface area contributed by atoms with Gasteiger partial charge in [-0.1, -0.05) is 12.1 Å². The fraction of sp³-hybridized carbons (Fsp3) is 0.214. The van der Waals surface area contributed by atoms with Crippen molar-refractivity contribution in [1.29, 1.82) is 0 Å². The number of benzene rings is 1. The third kappa shape index (κ3) is 2.33. The van der Waals surface area contributed by atoms with Gasteiger partial charge in [0.1, 0.15) is 17.9 Å². The summed E-state index contributed by atoms with van der Waals surface area (Å²) in [7, 11) is 1.36. The number of aromatic carboxylic acids is 1. The number of hydrogen-bond acceptors (Lipinski definition) is 6. The Morgan fingerprint density at radius 1 is 1.38 bits per heavy atom. The van der Waals surface area contributed by atoms with E-state index in [1.54, 1.807) is 0 Å². The van der Waals surface area contributed by atoms with E-state index in [0.717, 1.165) is 11.4 Å². The zero-order chi connectivity index (χ0) is 14.8. The van der Waals surface area contributed by atoms with Crippen LogP contribution in [-0.2, 0) is 0 Å². The first kappa shape index (κ1) is 13.2. The van der Waals surface area contributed by atoms with E-state index in [1.165, 1.54) is 13.2 Å². The molecule has 0 spiro atoms. The highest BCUT2D eigenvalue weighted by molar-refractivity contribution is 5.91. The molecule has 0 saturated carbocycles. The van der Waals surface area contributed by atoms with Gasteiger partial charge in [0.05, 0.1) is 19.3 Å². The summed E-state index contributed by atoms with van der Waals surface area (Å²) in [6, 6.07) is 8.97. The smallest absolute Gasteiger partial charge is 0.341 e. The normalized spacial score (nSPS) is 13.3. The van der Waals surface area contributed by atoms with Gasteiger partial charge in [0.25, 0.3) is 0 Å². The minimum atomic E-state index is -1.11. The van der Waals surface area contributed by atoms with E-state index in [9.17, 15) is 9.90 Å². The molecular weight excluding hydrogens is 274 g/mol. The highest BCUT2D eigenvalue weighted by Gasteiger charge is 2.23. The molecule has 1 aromatic carbocycles. The summed E-state index contributed by atoms with van der Waals surface area (Å²) in [4.78, 5) is 13.1. The number of methoxy groups -OCH3 is 1. The minimum absolute atomic E-state index is 0.00667. The van der Waals surface area contributed by atoms with Gasteiger partial charge in [-0.2, -0.15) is 0 Å². The number of anilines is 2. The Bertz CT molecular complexity index is 690. The number of fused-ring (bicyclic) bond motifs is 1. The molecule has 0 bridgehead atoms. The lowest BCUT2D eigenvalue weighted by Crippen LogP contribution is -2.29. The first-order valence-corrected chi connectivity index (χ1v) is 6.35. The Morgan fingerprint density at radius 3 is 2.95 bits per heavy atom. The Balaban J connectivity index is 2.06. The molecule has 7 nitrogen and oxygen atoms in total. The monoisotopic (exact) mass is 287 g/mol. The van der Waals surface area contributed by atoms with Gasteiger partial charge in [-0.25, -0.2) is 4.79 Å². The van der Waals surface area contributed by atoms with Gasteiger partial charge < -0.3 is 19.5 Å². The predicted octanol–water partition coefficient (Wildman–Crippen LogP) is 1.71. The molecule has 0 radical (unpaired) electrons. The maximum atomic E-state index is 11.3. The average Bonchev–Trinajstić information content (AvgIpc) is 2.53. The third-order valence-corrected chi connectivity index (χ3v) is 3.18. The van der Waals surface area contributed by atoms with Gasteiger partial charge >= 0.3 is 5.97 Å². The lowest BCUT2D eigenvalue weighted by Gasteiger charge is -2.30. The van der Waals surface area contributed by atoms with Crippen molar-refractivity contribution in [3.63, 3.8) is 0 Å². The Morgan fingerprint density at radius 2 is 2.19 bits per heavy atom. The van der Waals surface area contributed by atoms with Crippen molar-refractivity contribution >= 4 is 17.5 Å². The van der Waals surface area contributed by atoms with Crippen molar-refractivity contribution in [2.24, 2.45) is 0 Å². The highest BCUT2D eigenvalue weighted by atomic mass is 16.5. The van der Waals surface area contributed by atoms with Crippen LogP contribution in [0.3, 0.4) is 0 Å². The molecule has 3 rings (SSSR count). The number of carboxylic acids is 1. The summed E-state index contributed by atoms with van der Waals surface area (Å²) in [6.07, 6.45) is 0. The van der Waals surface area contributed by atoms with E-state index in [-0.39, 0.29) is 11.4 Å². The molecule has 2 heterocycles. The second-order valence-electron chi connectivity index (χ2n) is 4.40. The van der Waals surface area contributed by atoms with E-state index >= 15 is 0 Å². The summed E-state index contributed by atoms with van der Waals surface area (Å²) in [6.45, 7) is 1.06. The molecule has 0 atom stereocenters. The van der Waals surface area contributed by atoms with E-state index in [1.807, 2.05) is 29.2 Å². The molecule has 2 aromatic rings. The topological polar surface area (TPSA) is 84.8 Å². The van der Waals surface area contributed by atoms with Crippen molar-refractivity contribution in [3.05, 3.63) is 35.9 Å². The molecule has 1 N–H and O–H groups in total. The lowest BCUT2D eigenvalue weighted by atomic mass is 10.2. The Hall–Kier alpha value is -2.83. The van der Waals surface area contributed by atoms with Gasteiger partial charge in [0, 0.05) is 6.07 Å². The van der Waals surface area contributed by atoms with Crippen molar-refractivity contribution < 1.29 is 19.4 Å². The number of nitrogens with zero attached hydrogens (tertiary/aromatic N) is 3. The molecule has 108 valence electrons. The van der Waals surface area contributed by atoms with Crippen molar-refractivity contribution in [1.82, 2.24) is 10.2 Å². The fourth-order valence-corrected chi connectivity index (χ4v) is 2.21. The molecule has 1 aliphatic heterocycles. The van der Waals surface area contributed by atoms with E-state index in [2.05, 4.69) is 10.2 Å². The van der Waals surface area contributed by atoms with Crippen LogP contribution in [-0.4, -0.2) is 41.5 Å². The number of rotatable bonds is 3. The van der Waals surface area contributed by atoms with E-state index < -0.39 is 5.97 Å². The van der Waals surface area contributed by atoms with Crippen LogP contribution in [0, 0.1) is 0 Å². The molecule has 0 fully saturated rings. The quantitative estimate of drug-likeness (QED) is 0.919. The number of hydrogen-bond donors (Lipinski definition) is 1. The number of aromatic nitrogens is 2. The second kappa shape index (κ2) is 5.28. The Kier molecular flexibility index (Phi) is 3.31. The molecular formula is C14H13N3O4. The minimum Gasteiger partial charge on any atom is -0.490 e. The first-order valence-electron chi connectivity index (χ1n) is 6.35. The maximum Gasteiger partial charge on any atom is 0.341 e. The second-order valence-corrected chi connectivity index (χ2v) is 4.40. The van der Waals surface area contributed by atoms with Crippen LogP contribution >= 0.6 is 0 Å². The SMILES string of the molecule is COc1nnc(N2CCOc3ccccc32)cc1C(=O)O. The molecule has 0 amide bonds. The van der Waals surface area contributed by atoms with Gasteiger partial charge in [-0.05, 0) is 12.1 Å². The molecule has 1 aliphatic rings. The number of carbonyl (C=O) groups is 1. The lowest BCUT2D eigenvalue weighted by molar-refractivity contribution is 0.0692. The van der Waals surface area contributed by atoms with Crippen LogP contribution in [0.15, 0.2) is 30.3 Å². The molecule has 7 heteroatoms.